The van der Waals surface area contributed by atoms with Crippen LogP contribution in [0.3, 0.4) is 0 Å². The predicted molar refractivity (Wildman–Crippen MR) is 80.3 cm³/mol. The second-order valence-electron chi connectivity index (χ2n) is 4.29. The molecule has 0 saturated heterocycles. The molecule has 0 heterocycles. The Morgan fingerprint density at radius 1 is 0.905 bits per heavy atom. The lowest BCUT2D eigenvalue weighted by molar-refractivity contribution is 0.217. The standard InChI is InChI=1S/C15H17BO5/c1-19-13-7-8-15(14(11-13)16(17)18)21-10-9-20-12-5-3-2-4-6-12/h2-8,11,17-18H,9-10H2,1H3. The van der Waals surface area contributed by atoms with Crippen molar-refractivity contribution in [2.24, 2.45) is 0 Å². The van der Waals surface area contributed by atoms with Crippen molar-refractivity contribution in [3.05, 3.63) is 48.5 Å². The van der Waals surface area contributed by atoms with E-state index in [0.29, 0.717) is 24.7 Å². The van der Waals surface area contributed by atoms with Gasteiger partial charge in [-0.2, -0.15) is 0 Å². The van der Waals surface area contributed by atoms with Gasteiger partial charge < -0.3 is 24.3 Å². The van der Waals surface area contributed by atoms with Crippen LogP contribution in [0.4, 0.5) is 0 Å². The van der Waals surface area contributed by atoms with E-state index >= 15 is 0 Å². The van der Waals surface area contributed by atoms with Crippen LogP contribution < -0.4 is 19.7 Å². The van der Waals surface area contributed by atoms with Crippen LogP contribution in [0.5, 0.6) is 17.2 Å². The SMILES string of the molecule is COc1ccc(OCCOc2ccccc2)c(B(O)O)c1. The molecule has 2 rings (SSSR count). The summed E-state index contributed by atoms with van der Waals surface area (Å²) in [6.07, 6.45) is 0. The lowest BCUT2D eigenvalue weighted by Gasteiger charge is -2.13. The zero-order valence-electron chi connectivity index (χ0n) is 11.7. The molecule has 110 valence electrons. The molecule has 2 N–H and O–H groups in total. The second kappa shape index (κ2) is 7.57. The summed E-state index contributed by atoms with van der Waals surface area (Å²) in [5.74, 6) is 1.69. The molecular formula is C15H17BO5. The molecule has 6 heteroatoms. The smallest absolute Gasteiger partial charge is 0.492 e. The fourth-order valence-electron chi connectivity index (χ4n) is 1.81. The van der Waals surface area contributed by atoms with Gasteiger partial charge in [-0.1, -0.05) is 18.2 Å². The van der Waals surface area contributed by atoms with Crippen molar-refractivity contribution in [1.29, 1.82) is 0 Å². The zero-order valence-corrected chi connectivity index (χ0v) is 11.7. The molecule has 21 heavy (non-hydrogen) atoms. The quantitative estimate of drug-likeness (QED) is 0.583. The van der Waals surface area contributed by atoms with Gasteiger partial charge in [-0.15, -0.1) is 0 Å². The Bertz CT molecular complexity index is 559. The molecule has 0 bridgehead atoms. The van der Waals surface area contributed by atoms with Gasteiger partial charge in [0.1, 0.15) is 30.5 Å². The molecule has 0 amide bonds. The topological polar surface area (TPSA) is 68.2 Å². The maximum absolute atomic E-state index is 9.35. The first-order chi connectivity index (χ1) is 10.2. The molecule has 0 aliphatic rings. The molecule has 2 aromatic carbocycles. The first kappa shape index (κ1) is 15.2. The molecule has 5 nitrogen and oxygen atoms in total. The summed E-state index contributed by atoms with van der Waals surface area (Å²) < 4.78 is 16.1. The van der Waals surface area contributed by atoms with E-state index in [1.165, 1.54) is 13.2 Å². The molecule has 0 unspecified atom stereocenters. The van der Waals surface area contributed by atoms with Gasteiger partial charge in [0.15, 0.2) is 0 Å². The molecule has 0 aliphatic heterocycles. The van der Waals surface area contributed by atoms with Crippen LogP contribution in [-0.2, 0) is 0 Å². The number of para-hydroxylation sites is 1. The number of benzene rings is 2. The van der Waals surface area contributed by atoms with Crippen LogP contribution in [-0.4, -0.2) is 37.5 Å². The number of methoxy groups -OCH3 is 1. The number of rotatable bonds is 7. The van der Waals surface area contributed by atoms with Crippen LogP contribution in [0.25, 0.3) is 0 Å². The summed E-state index contributed by atoms with van der Waals surface area (Å²) in [4.78, 5) is 0. The summed E-state index contributed by atoms with van der Waals surface area (Å²) in [7, 11) is -0.109. The Labute approximate surface area is 123 Å². The summed E-state index contributed by atoms with van der Waals surface area (Å²) in [5, 5.41) is 18.7. The largest absolute Gasteiger partial charge is 0.497 e. The zero-order chi connectivity index (χ0) is 15.1. The highest BCUT2D eigenvalue weighted by molar-refractivity contribution is 6.59. The van der Waals surface area contributed by atoms with E-state index in [-0.39, 0.29) is 5.46 Å². The summed E-state index contributed by atoms with van der Waals surface area (Å²) in [6.45, 7) is 0.651. The molecule has 0 atom stereocenters. The Morgan fingerprint density at radius 2 is 1.62 bits per heavy atom. The lowest BCUT2D eigenvalue weighted by atomic mass is 9.79. The highest BCUT2D eigenvalue weighted by Gasteiger charge is 2.18. The van der Waals surface area contributed by atoms with E-state index in [9.17, 15) is 10.0 Å². The summed E-state index contributed by atoms with van der Waals surface area (Å²) >= 11 is 0. The predicted octanol–water partition coefficient (Wildman–Crippen LogP) is 0.833. The van der Waals surface area contributed by atoms with Gasteiger partial charge in [0, 0.05) is 5.46 Å². The molecule has 0 saturated carbocycles. The number of ether oxygens (including phenoxy) is 3. The van der Waals surface area contributed by atoms with Crippen molar-refractivity contribution in [2.45, 2.75) is 0 Å². The fraction of sp³-hybridized carbons (Fsp3) is 0.200. The number of hydrogen-bond donors (Lipinski definition) is 2. The number of hydrogen-bond acceptors (Lipinski definition) is 5. The van der Waals surface area contributed by atoms with Crippen molar-refractivity contribution in [2.75, 3.05) is 20.3 Å². The van der Waals surface area contributed by atoms with Crippen LogP contribution >= 0.6 is 0 Å². The fourth-order valence-corrected chi connectivity index (χ4v) is 1.81. The van der Waals surface area contributed by atoms with Crippen molar-refractivity contribution in [3.8, 4) is 17.2 Å². The van der Waals surface area contributed by atoms with E-state index in [0.717, 1.165) is 5.75 Å². The van der Waals surface area contributed by atoms with Crippen molar-refractivity contribution in [3.63, 3.8) is 0 Å². The first-order valence-electron chi connectivity index (χ1n) is 6.55. The lowest BCUT2D eigenvalue weighted by Crippen LogP contribution is -2.32. The van der Waals surface area contributed by atoms with Gasteiger partial charge in [-0.25, -0.2) is 0 Å². The maximum atomic E-state index is 9.35. The molecule has 0 spiro atoms. The Balaban J connectivity index is 1.90. The van der Waals surface area contributed by atoms with Gasteiger partial charge in [0.25, 0.3) is 0 Å². The van der Waals surface area contributed by atoms with Crippen LogP contribution in [0.15, 0.2) is 48.5 Å². The maximum Gasteiger partial charge on any atom is 0.492 e. The van der Waals surface area contributed by atoms with E-state index in [4.69, 9.17) is 14.2 Å². The van der Waals surface area contributed by atoms with Crippen LogP contribution in [0, 0.1) is 0 Å². The van der Waals surface area contributed by atoms with E-state index < -0.39 is 7.12 Å². The minimum Gasteiger partial charge on any atom is -0.497 e. The van der Waals surface area contributed by atoms with Crippen molar-refractivity contribution in [1.82, 2.24) is 0 Å². The second-order valence-corrected chi connectivity index (χ2v) is 4.29. The Kier molecular flexibility index (Phi) is 5.48. The molecule has 0 aliphatic carbocycles. The third-order valence-electron chi connectivity index (χ3n) is 2.85. The third kappa shape index (κ3) is 4.41. The van der Waals surface area contributed by atoms with Crippen molar-refractivity contribution >= 4 is 12.6 Å². The minimum absolute atomic E-state index is 0.258. The Morgan fingerprint density at radius 3 is 2.29 bits per heavy atom. The van der Waals surface area contributed by atoms with Gasteiger partial charge >= 0.3 is 7.12 Å². The molecule has 2 aromatic rings. The monoisotopic (exact) mass is 288 g/mol. The van der Waals surface area contributed by atoms with Crippen molar-refractivity contribution < 1.29 is 24.3 Å². The summed E-state index contributed by atoms with van der Waals surface area (Å²) in [6, 6.07) is 14.3. The van der Waals surface area contributed by atoms with E-state index in [2.05, 4.69) is 0 Å². The van der Waals surface area contributed by atoms with Gasteiger partial charge in [-0.3, -0.25) is 0 Å². The Hall–Kier alpha value is -2.18. The highest BCUT2D eigenvalue weighted by Crippen LogP contribution is 2.16. The molecule has 0 radical (unpaired) electrons. The highest BCUT2D eigenvalue weighted by atomic mass is 16.5. The summed E-state index contributed by atoms with van der Waals surface area (Å²) in [5.41, 5.74) is 0.258. The van der Waals surface area contributed by atoms with E-state index in [1.54, 1.807) is 12.1 Å². The third-order valence-corrected chi connectivity index (χ3v) is 2.85. The molecule has 0 fully saturated rings. The van der Waals surface area contributed by atoms with Crippen LogP contribution in [0.1, 0.15) is 0 Å². The first-order valence-corrected chi connectivity index (χ1v) is 6.55. The van der Waals surface area contributed by atoms with Gasteiger partial charge in [-0.05, 0) is 30.3 Å². The average Bonchev–Trinajstić information content (AvgIpc) is 2.52. The molecular weight excluding hydrogens is 271 g/mol. The molecule has 0 aromatic heterocycles. The van der Waals surface area contributed by atoms with Gasteiger partial charge in [0.05, 0.1) is 7.11 Å². The van der Waals surface area contributed by atoms with E-state index in [1.807, 2.05) is 30.3 Å². The minimum atomic E-state index is -1.62. The van der Waals surface area contributed by atoms with Crippen LogP contribution in [0.2, 0.25) is 0 Å². The average molecular weight is 288 g/mol. The normalized spacial score (nSPS) is 10.0. The van der Waals surface area contributed by atoms with Gasteiger partial charge in [0.2, 0.25) is 0 Å².